The fraction of sp³-hybridized carbons (Fsp3) is 0.0357. The molecule has 0 amide bonds. The van der Waals surface area contributed by atoms with Gasteiger partial charge in [0.1, 0.15) is 11.2 Å². The summed E-state index contributed by atoms with van der Waals surface area (Å²) in [4.78, 5) is 0. The number of nitrogens with zero attached hydrogens (tertiary/aromatic N) is 2. The van der Waals surface area contributed by atoms with Gasteiger partial charge >= 0.3 is 0 Å². The molecule has 0 unspecified atom stereocenters. The second-order valence-electron chi connectivity index (χ2n) is 13.6. The molecular formula is C56H40N2O. The van der Waals surface area contributed by atoms with Crippen molar-refractivity contribution in [1.29, 1.82) is 0 Å². The Morgan fingerprint density at radius 2 is 1.31 bits per heavy atom. The van der Waals surface area contributed by atoms with E-state index in [1.165, 1.54) is 12.1 Å². The second-order valence-corrected chi connectivity index (χ2v) is 13.6. The monoisotopic (exact) mass is 778 g/mol. The molecule has 8 aromatic carbocycles. The fourth-order valence-electron chi connectivity index (χ4n) is 7.51. The molecule has 0 aliphatic heterocycles. The van der Waals surface area contributed by atoms with Crippen LogP contribution in [0.3, 0.4) is 0 Å². The van der Waals surface area contributed by atoms with Gasteiger partial charge in [-0.2, -0.15) is 0 Å². The lowest BCUT2D eigenvalue weighted by Gasteiger charge is -2.13. The zero-order chi connectivity index (χ0) is 58.4. The van der Waals surface area contributed by atoms with Crippen LogP contribution >= 0.6 is 0 Å². The van der Waals surface area contributed by atoms with Gasteiger partial charge in [-0.1, -0.05) is 146 Å². The van der Waals surface area contributed by atoms with E-state index in [0.29, 0.717) is 5.69 Å². The maximum Gasteiger partial charge on any atom is 0.137 e. The molecule has 0 aliphatic rings. The number of aromatic nitrogens is 2. The van der Waals surface area contributed by atoms with E-state index >= 15 is 0 Å². The van der Waals surface area contributed by atoms with Crippen LogP contribution in [-0.4, -0.2) is 9.13 Å². The fourth-order valence-corrected chi connectivity index (χ4v) is 7.51. The Bertz CT molecular complexity index is 4670. The first-order valence-electron chi connectivity index (χ1n) is 29.6. The van der Waals surface area contributed by atoms with Crippen LogP contribution in [0.5, 0.6) is 0 Å². The van der Waals surface area contributed by atoms with Gasteiger partial charge in [0, 0.05) is 57.0 Å². The lowest BCUT2D eigenvalue weighted by atomic mass is 9.99. The van der Waals surface area contributed by atoms with Gasteiger partial charge in [0.15, 0.2) is 0 Å². The highest BCUT2D eigenvalue weighted by Crippen LogP contribution is 2.38. The summed E-state index contributed by atoms with van der Waals surface area (Å²) in [7, 11) is 0. The summed E-state index contributed by atoms with van der Waals surface area (Å²) in [6.07, 6.45) is 0.953. The highest BCUT2D eigenvalue weighted by molar-refractivity contribution is 6.10. The highest BCUT2D eigenvalue weighted by atomic mass is 16.3. The first-order chi connectivity index (χ1) is 38.4. The summed E-state index contributed by atoms with van der Waals surface area (Å²) in [6.45, 7) is 3.18. The smallest absolute Gasteiger partial charge is 0.137 e. The van der Waals surface area contributed by atoms with Crippen LogP contribution in [0.1, 0.15) is 47.0 Å². The predicted molar refractivity (Wildman–Crippen MR) is 249 cm³/mol. The SMILES string of the molecule is [2H]Cc1c(/C([2H])=C(\C=C)Cc2cc([2H])c([2H])c3c4c([2H])c([2H])c([2H])c([2H])c4n(-c4ccc(-c5ccccc5)cc4)c23)c2c([2H])c([2H])c([2H])c([2H])c2n1-c1c([2H])c([2H])c2c(oc3c([2H])c(-c4cc([2H])c([2H])c([2H])c4[2H])c([2H])c([2H])c32)c1[2H]. The van der Waals surface area contributed by atoms with Crippen molar-refractivity contribution in [1.82, 2.24) is 9.13 Å². The van der Waals surface area contributed by atoms with E-state index in [9.17, 15) is 12.3 Å². The van der Waals surface area contributed by atoms with E-state index in [1.54, 1.807) is 16.7 Å². The number of allylic oxidation sites excluding steroid dienone is 2. The first-order valence-corrected chi connectivity index (χ1v) is 18.4. The molecule has 280 valence electrons. The summed E-state index contributed by atoms with van der Waals surface area (Å²) < 4.78 is 207. The molecule has 3 nitrogen and oxygen atoms in total. The van der Waals surface area contributed by atoms with Gasteiger partial charge in [-0.25, -0.2) is 0 Å². The van der Waals surface area contributed by atoms with E-state index < -0.39 is 150 Å². The third kappa shape index (κ3) is 5.82. The van der Waals surface area contributed by atoms with Gasteiger partial charge in [0.05, 0.1) is 45.3 Å². The highest BCUT2D eigenvalue weighted by Gasteiger charge is 2.19. The summed E-state index contributed by atoms with van der Waals surface area (Å²) >= 11 is 0. The number of hydrogen-bond donors (Lipinski definition) is 0. The van der Waals surface area contributed by atoms with Crippen molar-refractivity contribution in [2.45, 2.75) is 13.3 Å². The van der Waals surface area contributed by atoms with Crippen LogP contribution in [0, 0.1) is 6.90 Å². The van der Waals surface area contributed by atoms with Crippen LogP contribution < -0.4 is 0 Å². The van der Waals surface area contributed by atoms with Crippen molar-refractivity contribution in [2.24, 2.45) is 0 Å². The molecule has 0 fully saturated rings. The van der Waals surface area contributed by atoms with Gasteiger partial charge in [-0.15, -0.1) is 0 Å². The van der Waals surface area contributed by atoms with Crippen molar-refractivity contribution in [2.75, 3.05) is 0 Å². The molecule has 0 bridgehead atoms. The molecule has 0 saturated carbocycles. The molecule has 0 N–H and O–H groups in total. The van der Waals surface area contributed by atoms with Crippen molar-refractivity contribution < 1.29 is 34.6 Å². The summed E-state index contributed by atoms with van der Waals surface area (Å²) in [5, 5.41) is -1.04. The van der Waals surface area contributed by atoms with Crippen LogP contribution in [-0.2, 0) is 6.42 Å². The molecule has 0 atom stereocenters. The van der Waals surface area contributed by atoms with E-state index in [2.05, 4.69) is 6.58 Å². The number of fused-ring (bicyclic) bond motifs is 7. The Hall–Kier alpha value is -7.62. The minimum atomic E-state index is -0.825. The van der Waals surface area contributed by atoms with Crippen molar-refractivity contribution in [3.05, 3.63) is 223 Å². The molecule has 3 aromatic heterocycles. The minimum Gasteiger partial charge on any atom is -0.456 e. The Kier molecular flexibility index (Phi) is 4.48. The molecular weight excluding hydrogens is 717 g/mol. The Labute approximate surface area is 373 Å². The zero-order valence-electron chi connectivity index (χ0n) is 52.9. The summed E-state index contributed by atoms with van der Waals surface area (Å²) in [5.74, 6) is 0. The maximum atomic E-state index is 10.0. The molecule has 3 heterocycles. The standard InChI is InChI=1S/C56H40N2O/c1-3-38(33-43-19-14-22-50-46-20-10-13-24-53(46)58(56(43)50)44-28-25-41(26-29-44)39-15-6-4-7-16-39)34-51-37(2)57(52-23-12-11-21-47(51)52)45-30-32-49-48-31-27-42(40-17-8-5-9-18-40)35-54(48)59-55(49)36-45/h3-32,34-36H,1,33H2,2H3/b38-34+/i2D,5D,8D,9D,10D,11D,12D,13D,14D,17D,20D,21D,22D,23D,24D,27D,30D,31D,32D,34D,35D,36D. The summed E-state index contributed by atoms with van der Waals surface area (Å²) in [5.41, 5.74) is -0.603. The van der Waals surface area contributed by atoms with Crippen LogP contribution in [0.15, 0.2) is 210 Å². The van der Waals surface area contributed by atoms with Gasteiger partial charge in [0.2, 0.25) is 0 Å². The molecule has 3 heteroatoms. The predicted octanol–water partition coefficient (Wildman–Crippen LogP) is 15.1. The quantitative estimate of drug-likeness (QED) is 0.141. The van der Waals surface area contributed by atoms with E-state index in [-0.39, 0.29) is 84.4 Å². The van der Waals surface area contributed by atoms with Crippen molar-refractivity contribution in [3.63, 3.8) is 0 Å². The molecule has 59 heavy (non-hydrogen) atoms. The number of benzene rings is 8. The topological polar surface area (TPSA) is 23.0 Å². The zero-order valence-corrected chi connectivity index (χ0v) is 30.9. The van der Waals surface area contributed by atoms with E-state index in [4.69, 9.17) is 22.2 Å². The lowest BCUT2D eigenvalue weighted by molar-refractivity contribution is 0.668. The van der Waals surface area contributed by atoms with Crippen LogP contribution in [0.4, 0.5) is 0 Å². The normalized spacial score (nSPS) is 17.4. The molecule has 0 aliphatic carbocycles. The van der Waals surface area contributed by atoms with Crippen molar-refractivity contribution >= 4 is 60.7 Å². The Morgan fingerprint density at radius 1 is 0.593 bits per heavy atom. The average molecular weight is 779 g/mol. The summed E-state index contributed by atoms with van der Waals surface area (Å²) in [6, 6.07) is 6.37. The molecule has 11 rings (SSSR count). The van der Waals surface area contributed by atoms with Gasteiger partial charge in [-0.05, 0) is 101 Å². The number of para-hydroxylation sites is 3. The Balaban J connectivity index is 1.19. The molecule has 11 aromatic rings. The molecule has 0 spiro atoms. The third-order valence-corrected chi connectivity index (χ3v) is 10.2. The molecule has 0 radical (unpaired) electrons. The van der Waals surface area contributed by atoms with Crippen LogP contribution in [0.2, 0.25) is 0 Å². The first kappa shape index (κ1) is 18.8. The van der Waals surface area contributed by atoms with E-state index in [0.717, 1.165) is 21.8 Å². The maximum absolute atomic E-state index is 10.0. The minimum absolute atomic E-state index is 0.00713. The average Bonchev–Trinajstić information content (AvgIpc) is 2.15. The second kappa shape index (κ2) is 14.1. The third-order valence-electron chi connectivity index (χ3n) is 10.2. The number of rotatable bonds is 8. The van der Waals surface area contributed by atoms with Crippen LogP contribution in [0.25, 0.3) is 94.3 Å². The number of hydrogen-bond acceptors (Lipinski definition) is 1. The van der Waals surface area contributed by atoms with Gasteiger partial charge in [-0.3, -0.25) is 0 Å². The van der Waals surface area contributed by atoms with Gasteiger partial charge < -0.3 is 13.6 Å². The van der Waals surface area contributed by atoms with E-state index in [1.807, 2.05) is 42.5 Å². The largest absolute Gasteiger partial charge is 0.456 e. The lowest BCUT2D eigenvalue weighted by Crippen LogP contribution is -1.99. The van der Waals surface area contributed by atoms with Gasteiger partial charge in [0.25, 0.3) is 0 Å². The van der Waals surface area contributed by atoms with Crippen molar-refractivity contribution in [3.8, 4) is 33.6 Å². The number of furan rings is 1. The molecule has 0 saturated heterocycles. The Morgan fingerprint density at radius 3 is 2.12 bits per heavy atom.